The Morgan fingerprint density at radius 1 is 0.829 bits per heavy atom. The van der Waals surface area contributed by atoms with Crippen molar-refractivity contribution in [3.63, 3.8) is 0 Å². The Balaban J connectivity index is 1.14. The minimum absolute atomic E-state index is 0.00974. The molecular formula is C34H47F. The Hall–Kier alpha value is -1.89. The van der Waals surface area contributed by atoms with Crippen molar-refractivity contribution < 1.29 is 4.39 Å². The third kappa shape index (κ3) is 7.80. The average molecular weight is 475 g/mol. The first-order chi connectivity index (χ1) is 17.1. The Morgan fingerprint density at radius 3 is 2.11 bits per heavy atom. The van der Waals surface area contributed by atoms with Gasteiger partial charge in [0.05, 0.1) is 0 Å². The van der Waals surface area contributed by atoms with Crippen LogP contribution in [-0.4, -0.2) is 0 Å². The average Bonchev–Trinajstić information content (AvgIpc) is 2.90. The molecule has 2 aliphatic rings. The molecule has 0 spiro atoms. The van der Waals surface area contributed by atoms with E-state index in [0.717, 1.165) is 48.5 Å². The third-order valence-corrected chi connectivity index (χ3v) is 9.28. The van der Waals surface area contributed by atoms with Gasteiger partial charge in [-0.3, -0.25) is 0 Å². The van der Waals surface area contributed by atoms with Crippen LogP contribution in [0, 0.1) is 29.5 Å². The van der Waals surface area contributed by atoms with Crippen molar-refractivity contribution in [1.82, 2.24) is 0 Å². The van der Waals surface area contributed by atoms with Crippen LogP contribution < -0.4 is 0 Å². The monoisotopic (exact) mass is 474 g/mol. The van der Waals surface area contributed by atoms with E-state index in [-0.39, 0.29) is 5.82 Å². The van der Waals surface area contributed by atoms with E-state index in [1.807, 2.05) is 19.1 Å². The molecule has 2 aromatic rings. The highest BCUT2D eigenvalue weighted by atomic mass is 19.1. The Bertz CT molecular complexity index is 897. The SMILES string of the molecule is CC=CCCc1ccc(CCC2CCC(C3CCC(C[C@@H](C)c4ccccc4)CC3)CC2)cc1F. The molecule has 190 valence electrons. The van der Waals surface area contributed by atoms with E-state index in [0.29, 0.717) is 5.92 Å². The molecule has 0 amide bonds. The van der Waals surface area contributed by atoms with Crippen molar-refractivity contribution in [3.05, 3.63) is 83.2 Å². The van der Waals surface area contributed by atoms with Gasteiger partial charge in [0.1, 0.15) is 5.82 Å². The summed E-state index contributed by atoms with van der Waals surface area (Å²) in [7, 11) is 0. The molecule has 0 aliphatic heterocycles. The molecule has 0 aromatic heterocycles. The molecule has 0 bridgehead atoms. The standard InChI is InChI=1S/C34H47F/c1-3-4-6-11-33-23-18-29(25-34(33)35)13-12-27-14-19-31(20-15-27)32-21-16-28(17-22-32)24-26(2)30-9-7-5-8-10-30/h3-5,7-10,18,23,25-28,31-32H,6,11-17,19-22,24H2,1-2H3/t26-,27?,28?,31?,32?/m1/s1. The summed E-state index contributed by atoms with van der Waals surface area (Å²) in [4.78, 5) is 0. The topological polar surface area (TPSA) is 0 Å². The summed E-state index contributed by atoms with van der Waals surface area (Å²) in [6.45, 7) is 4.43. The number of rotatable bonds is 10. The van der Waals surface area contributed by atoms with Crippen LogP contribution in [0.4, 0.5) is 4.39 Å². The van der Waals surface area contributed by atoms with Crippen LogP contribution in [0.5, 0.6) is 0 Å². The third-order valence-electron chi connectivity index (χ3n) is 9.28. The molecule has 0 N–H and O–H groups in total. The van der Waals surface area contributed by atoms with E-state index < -0.39 is 0 Å². The van der Waals surface area contributed by atoms with Gasteiger partial charge in [-0.1, -0.05) is 87.2 Å². The fraction of sp³-hybridized carbons (Fsp3) is 0.588. The maximum atomic E-state index is 14.5. The summed E-state index contributed by atoms with van der Waals surface area (Å²) >= 11 is 0. The van der Waals surface area contributed by atoms with Crippen LogP contribution in [0.1, 0.15) is 107 Å². The van der Waals surface area contributed by atoms with Crippen LogP contribution in [0.3, 0.4) is 0 Å². The smallest absolute Gasteiger partial charge is 0.126 e. The first-order valence-electron chi connectivity index (χ1n) is 14.6. The normalized spacial score (nSPS) is 26.1. The summed E-state index contributed by atoms with van der Waals surface area (Å²) in [6, 6.07) is 17.1. The van der Waals surface area contributed by atoms with Crippen molar-refractivity contribution in [2.45, 2.75) is 103 Å². The Kier molecular flexibility index (Phi) is 10.0. The largest absolute Gasteiger partial charge is 0.207 e. The zero-order valence-corrected chi connectivity index (χ0v) is 22.2. The second-order valence-corrected chi connectivity index (χ2v) is 11.7. The lowest BCUT2D eigenvalue weighted by atomic mass is 9.67. The van der Waals surface area contributed by atoms with Crippen LogP contribution in [0.25, 0.3) is 0 Å². The molecule has 4 rings (SSSR count). The van der Waals surface area contributed by atoms with E-state index in [1.165, 1.54) is 75.3 Å². The van der Waals surface area contributed by atoms with Crippen molar-refractivity contribution in [2.75, 3.05) is 0 Å². The lowest BCUT2D eigenvalue weighted by molar-refractivity contribution is 0.139. The number of hydrogen-bond acceptors (Lipinski definition) is 0. The molecule has 1 atom stereocenters. The van der Waals surface area contributed by atoms with Gasteiger partial charge in [0.15, 0.2) is 0 Å². The molecule has 0 saturated heterocycles. The Labute approximate surface area is 214 Å². The van der Waals surface area contributed by atoms with Gasteiger partial charge in [-0.05, 0) is 117 Å². The van der Waals surface area contributed by atoms with E-state index >= 15 is 0 Å². The summed E-state index contributed by atoms with van der Waals surface area (Å²) < 4.78 is 14.5. The lowest BCUT2D eigenvalue weighted by Gasteiger charge is -2.38. The van der Waals surface area contributed by atoms with E-state index in [2.05, 4.69) is 49.4 Å². The van der Waals surface area contributed by atoms with Gasteiger partial charge in [0.2, 0.25) is 0 Å². The molecule has 2 saturated carbocycles. The van der Waals surface area contributed by atoms with Crippen LogP contribution >= 0.6 is 0 Å². The zero-order chi connectivity index (χ0) is 24.5. The van der Waals surface area contributed by atoms with Crippen LogP contribution in [-0.2, 0) is 12.8 Å². The van der Waals surface area contributed by atoms with E-state index in [1.54, 1.807) is 6.07 Å². The van der Waals surface area contributed by atoms with Gasteiger partial charge < -0.3 is 0 Å². The molecular weight excluding hydrogens is 427 g/mol. The first kappa shape index (κ1) is 26.2. The Morgan fingerprint density at radius 2 is 1.49 bits per heavy atom. The van der Waals surface area contributed by atoms with E-state index in [4.69, 9.17) is 0 Å². The number of halogens is 1. The van der Waals surface area contributed by atoms with E-state index in [9.17, 15) is 4.39 Å². The number of allylic oxidation sites excluding steroid dienone is 2. The van der Waals surface area contributed by atoms with Crippen molar-refractivity contribution in [2.24, 2.45) is 23.7 Å². The summed E-state index contributed by atoms with van der Waals surface area (Å²) in [6.07, 6.45) is 20.9. The number of benzene rings is 2. The molecule has 2 fully saturated rings. The highest BCUT2D eigenvalue weighted by Gasteiger charge is 2.31. The highest BCUT2D eigenvalue weighted by Crippen LogP contribution is 2.44. The second-order valence-electron chi connectivity index (χ2n) is 11.7. The zero-order valence-electron chi connectivity index (χ0n) is 22.2. The lowest BCUT2D eigenvalue weighted by Crippen LogP contribution is -2.26. The molecule has 0 nitrogen and oxygen atoms in total. The molecule has 0 unspecified atom stereocenters. The molecule has 2 aromatic carbocycles. The van der Waals surface area contributed by atoms with Gasteiger partial charge in [0, 0.05) is 0 Å². The summed E-state index contributed by atoms with van der Waals surface area (Å²) in [5.41, 5.74) is 3.55. The quantitative estimate of drug-likeness (QED) is 0.300. The highest BCUT2D eigenvalue weighted by molar-refractivity contribution is 5.25. The fourth-order valence-corrected chi connectivity index (χ4v) is 6.99. The molecule has 2 aliphatic carbocycles. The van der Waals surface area contributed by atoms with Gasteiger partial charge in [-0.25, -0.2) is 4.39 Å². The number of hydrogen-bond donors (Lipinski definition) is 0. The molecule has 0 radical (unpaired) electrons. The maximum absolute atomic E-state index is 14.5. The van der Waals surface area contributed by atoms with Gasteiger partial charge >= 0.3 is 0 Å². The summed E-state index contributed by atoms with van der Waals surface area (Å²) in [5, 5.41) is 0. The van der Waals surface area contributed by atoms with Gasteiger partial charge in [-0.2, -0.15) is 0 Å². The van der Waals surface area contributed by atoms with Gasteiger partial charge in [-0.15, -0.1) is 0 Å². The molecule has 0 heterocycles. The van der Waals surface area contributed by atoms with Crippen molar-refractivity contribution in [1.29, 1.82) is 0 Å². The predicted octanol–water partition coefficient (Wildman–Crippen LogP) is 10.1. The molecule has 35 heavy (non-hydrogen) atoms. The van der Waals surface area contributed by atoms with Crippen LogP contribution in [0.15, 0.2) is 60.7 Å². The van der Waals surface area contributed by atoms with Crippen molar-refractivity contribution >= 4 is 0 Å². The summed E-state index contributed by atoms with van der Waals surface area (Å²) in [5.74, 6) is 4.39. The second kappa shape index (κ2) is 13.4. The van der Waals surface area contributed by atoms with Crippen molar-refractivity contribution in [3.8, 4) is 0 Å². The maximum Gasteiger partial charge on any atom is 0.126 e. The first-order valence-corrected chi connectivity index (χ1v) is 14.6. The fourth-order valence-electron chi connectivity index (χ4n) is 6.99. The minimum atomic E-state index is -0.00974. The minimum Gasteiger partial charge on any atom is -0.207 e. The predicted molar refractivity (Wildman–Crippen MR) is 148 cm³/mol. The molecule has 1 heteroatoms. The number of aryl methyl sites for hydroxylation is 2. The van der Waals surface area contributed by atoms with Crippen LogP contribution in [0.2, 0.25) is 0 Å². The van der Waals surface area contributed by atoms with Gasteiger partial charge in [0.25, 0.3) is 0 Å².